The number of imidazole rings is 1. The Hall–Kier alpha value is -5.16. The maximum absolute atomic E-state index is 10.3. The van der Waals surface area contributed by atoms with Gasteiger partial charge in [0.05, 0.1) is 0 Å². The monoisotopic (exact) mass is 499 g/mol. The molecule has 3 aromatic heterocycles. The van der Waals surface area contributed by atoms with Crippen LogP contribution in [-0.4, -0.2) is 28.0 Å². The summed E-state index contributed by atoms with van der Waals surface area (Å²) in [5.74, 6) is 1.35. The molecule has 3 aromatic carbocycles. The average Bonchev–Trinajstić information content (AvgIpc) is 3.55. The second-order valence-electron chi connectivity index (χ2n) is 9.09. The van der Waals surface area contributed by atoms with Crippen LogP contribution in [0, 0.1) is 11.3 Å². The quantitative estimate of drug-likeness (QED) is 0.369. The van der Waals surface area contributed by atoms with Crippen molar-refractivity contribution in [1.82, 2.24) is 15.0 Å². The van der Waals surface area contributed by atoms with Crippen LogP contribution in [0.1, 0.15) is 25.3 Å². The molecule has 6 aromatic rings. The van der Waals surface area contributed by atoms with Gasteiger partial charge in [0, 0.05) is 30.4 Å². The number of anilines is 1. The van der Waals surface area contributed by atoms with Crippen LogP contribution < -0.4 is 24.7 Å². The van der Waals surface area contributed by atoms with Crippen LogP contribution in [0.5, 0.6) is 11.6 Å². The zero-order chi connectivity index (χ0) is 25.8. The Morgan fingerprint density at radius 1 is 1.03 bits per heavy atom. The van der Waals surface area contributed by atoms with Gasteiger partial charge in [0.25, 0.3) is 5.48 Å². The summed E-state index contributed by atoms with van der Waals surface area (Å²) in [5.41, 5.74) is 6.51. The smallest absolute Gasteiger partial charge is 0.310 e. The average molecular weight is 500 g/mol. The summed E-state index contributed by atoms with van der Waals surface area (Å²) in [5, 5.41) is 11.1. The molecule has 0 fully saturated rings. The molecule has 1 N–H and O–H groups in total. The van der Waals surface area contributed by atoms with E-state index in [0.29, 0.717) is 22.5 Å². The number of benzene rings is 3. The molecule has 184 valence electrons. The number of oxazole rings is 1. The largest absolute Gasteiger partial charge is 0.435 e. The van der Waals surface area contributed by atoms with E-state index in [1.165, 1.54) is 0 Å². The predicted molar refractivity (Wildman–Crippen MR) is 144 cm³/mol. The Kier molecular flexibility index (Phi) is 4.91. The van der Waals surface area contributed by atoms with Crippen molar-refractivity contribution in [3.63, 3.8) is 0 Å². The van der Waals surface area contributed by atoms with Gasteiger partial charge in [-0.05, 0) is 56.3 Å². The van der Waals surface area contributed by atoms with Gasteiger partial charge in [-0.1, -0.05) is 29.2 Å². The summed E-state index contributed by atoms with van der Waals surface area (Å²) in [4.78, 5) is 15.3. The normalized spacial score (nSPS) is 13.0. The van der Waals surface area contributed by atoms with E-state index in [0.717, 1.165) is 52.0 Å². The van der Waals surface area contributed by atoms with Crippen molar-refractivity contribution in [1.29, 1.82) is 5.26 Å². The van der Waals surface area contributed by atoms with Gasteiger partial charge in [-0.2, -0.15) is 9.66 Å². The lowest BCUT2D eigenvalue weighted by Crippen LogP contribution is -2.48. The van der Waals surface area contributed by atoms with Gasteiger partial charge in [-0.3, -0.25) is 4.98 Å². The Morgan fingerprint density at radius 2 is 1.84 bits per heavy atom. The van der Waals surface area contributed by atoms with Gasteiger partial charge in [0.1, 0.15) is 33.6 Å². The minimum atomic E-state index is 0.212. The highest BCUT2D eigenvalue weighted by Crippen LogP contribution is 2.31. The molecule has 0 saturated carbocycles. The first kappa shape index (κ1) is 22.1. The number of hydrogen-bond acceptors (Lipinski definition) is 6. The highest BCUT2D eigenvalue weighted by atomic mass is 16.5. The number of H-pyrrole nitrogens is 1. The van der Waals surface area contributed by atoms with E-state index < -0.39 is 0 Å². The Morgan fingerprint density at radius 3 is 2.66 bits per heavy atom. The molecule has 0 radical (unpaired) electrons. The summed E-state index contributed by atoms with van der Waals surface area (Å²) in [7, 11) is 0. The summed E-state index contributed by atoms with van der Waals surface area (Å²) >= 11 is 0. The molecule has 38 heavy (non-hydrogen) atoms. The van der Waals surface area contributed by atoms with Gasteiger partial charge in [-0.15, -0.1) is 0 Å². The fourth-order valence-electron chi connectivity index (χ4n) is 5.12. The molecular formula is C30H23N6O2+. The van der Waals surface area contributed by atoms with E-state index in [1.54, 1.807) is 0 Å². The van der Waals surface area contributed by atoms with Gasteiger partial charge in [-0.25, -0.2) is 4.98 Å². The number of ether oxygens (including phenoxy) is 1. The molecule has 1 aliphatic heterocycles. The summed E-state index contributed by atoms with van der Waals surface area (Å²) in [6, 6.07) is 23.9. The lowest BCUT2D eigenvalue weighted by atomic mass is 10.1. The minimum Gasteiger partial charge on any atom is -0.435 e. The van der Waals surface area contributed by atoms with Crippen molar-refractivity contribution in [2.45, 2.75) is 13.8 Å². The van der Waals surface area contributed by atoms with Gasteiger partial charge >= 0.3 is 5.88 Å². The first-order valence-corrected chi connectivity index (χ1v) is 12.6. The number of fused-ring (bicyclic) bond motifs is 7. The van der Waals surface area contributed by atoms with Crippen molar-refractivity contribution in [3.05, 3.63) is 88.9 Å². The number of rotatable bonds is 4. The third-order valence-electron chi connectivity index (χ3n) is 7.00. The molecule has 0 bridgehead atoms. The van der Waals surface area contributed by atoms with Crippen molar-refractivity contribution in [3.8, 4) is 17.7 Å². The first-order chi connectivity index (χ1) is 18.7. The topological polar surface area (TPSA) is 95.1 Å². The lowest BCUT2D eigenvalue weighted by molar-refractivity contribution is -0.502. The summed E-state index contributed by atoms with van der Waals surface area (Å²) < 4.78 is 14.3. The molecule has 0 unspecified atom stereocenters. The number of para-hydroxylation sites is 4. The van der Waals surface area contributed by atoms with Crippen LogP contribution in [0.25, 0.3) is 39.4 Å². The molecule has 0 aliphatic carbocycles. The molecule has 8 nitrogen and oxygen atoms in total. The van der Waals surface area contributed by atoms with Crippen molar-refractivity contribution in [2.75, 3.05) is 18.0 Å². The van der Waals surface area contributed by atoms with E-state index in [9.17, 15) is 5.26 Å². The highest BCUT2D eigenvalue weighted by Gasteiger charge is 2.27. The standard InChI is InChI=1S/C30H22N6O2/c1-3-35(4-2)19-14-13-18-15-20-27-32-22-9-5-7-11-24(22)36(27)28(34-29(20)38-26(18)16-19)21(17-31)30-33-23-10-6-8-12-25(23)37-30/h5-16H,3-4H2,1-2H3/p+1. The summed E-state index contributed by atoms with van der Waals surface area (Å²) in [6.45, 7) is 6.06. The first-order valence-electron chi connectivity index (χ1n) is 12.6. The lowest BCUT2D eigenvalue weighted by Gasteiger charge is -2.22. The highest BCUT2D eigenvalue weighted by molar-refractivity contribution is 5.80. The predicted octanol–water partition coefficient (Wildman–Crippen LogP) is 3.95. The minimum absolute atomic E-state index is 0.212. The van der Waals surface area contributed by atoms with E-state index in [1.807, 2.05) is 59.0 Å². The molecule has 0 saturated heterocycles. The number of hydrogen-bond donors (Lipinski definition) is 1. The number of nitrogens with zero attached hydrogens (tertiary/aromatic N) is 5. The number of aromatic amines is 1. The summed E-state index contributed by atoms with van der Waals surface area (Å²) in [6.07, 6.45) is 2.08. The van der Waals surface area contributed by atoms with E-state index in [2.05, 4.69) is 53.0 Å². The maximum Gasteiger partial charge on any atom is 0.310 e. The van der Waals surface area contributed by atoms with Crippen LogP contribution in [0.2, 0.25) is 0 Å². The Bertz CT molecular complexity index is 2030. The van der Waals surface area contributed by atoms with E-state index in [-0.39, 0.29) is 11.5 Å². The third kappa shape index (κ3) is 3.26. The van der Waals surface area contributed by atoms with Gasteiger partial charge in [0.15, 0.2) is 11.2 Å². The molecule has 1 aliphatic rings. The Balaban J connectivity index is 1.57. The van der Waals surface area contributed by atoms with Gasteiger partial charge in [0.2, 0.25) is 11.5 Å². The van der Waals surface area contributed by atoms with Crippen LogP contribution in [0.4, 0.5) is 5.69 Å². The van der Waals surface area contributed by atoms with Crippen LogP contribution >= 0.6 is 0 Å². The Labute approximate surface area is 217 Å². The van der Waals surface area contributed by atoms with E-state index in [4.69, 9.17) is 14.1 Å². The number of aromatic nitrogens is 4. The maximum atomic E-state index is 10.3. The van der Waals surface area contributed by atoms with Crippen molar-refractivity contribution >= 4 is 45.1 Å². The van der Waals surface area contributed by atoms with Crippen LogP contribution in [0.15, 0.2) is 71.1 Å². The molecule has 4 heterocycles. The fourth-order valence-corrected chi connectivity index (χ4v) is 5.12. The zero-order valence-corrected chi connectivity index (χ0v) is 20.9. The third-order valence-corrected chi connectivity index (χ3v) is 7.00. The van der Waals surface area contributed by atoms with Gasteiger partial charge < -0.3 is 14.1 Å². The molecule has 8 heteroatoms. The molecule has 0 spiro atoms. The van der Waals surface area contributed by atoms with Crippen LogP contribution in [-0.2, 0) is 0 Å². The fraction of sp³-hybridized carbons (Fsp3) is 0.133. The molecule has 0 amide bonds. The SMILES string of the molecule is CCN(CC)c1ccc2c(c1)Oc1nc(=C(C#N)c3nc4ccccc4o3)[n+]3c([nH]c4ccccc43)c1=C2. The molecular weight excluding hydrogens is 476 g/mol. The van der Waals surface area contributed by atoms with Crippen molar-refractivity contribution < 1.29 is 13.6 Å². The van der Waals surface area contributed by atoms with Crippen LogP contribution in [0.3, 0.4) is 0 Å². The number of nitrogens with one attached hydrogen (secondary N) is 1. The second kappa shape index (κ2) is 8.46. The zero-order valence-electron chi connectivity index (χ0n) is 20.9. The van der Waals surface area contributed by atoms with Crippen molar-refractivity contribution in [2.24, 2.45) is 0 Å². The van der Waals surface area contributed by atoms with E-state index >= 15 is 0 Å². The second-order valence-corrected chi connectivity index (χ2v) is 9.09. The number of nitriles is 1. The molecule has 0 atom stereocenters. The molecule has 7 rings (SSSR count).